The minimum atomic E-state index is 0. The molecular formula is C11H16NY-. The van der Waals surface area contributed by atoms with E-state index in [-0.39, 0.29) is 32.7 Å². The summed E-state index contributed by atoms with van der Waals surface area (Å²) in [5.74, 6) is 0.617. The maximum absolute atomic E-state index is 3.59. The van der Waals surface area contributed by atoms with Gasteiger partial charge in [-0.15, -0.1) is 0 Å². The fraction of sp³-hybridized carbons (Fsp3) is 0.364. The summed E-state index contributed by atoms with van der Waals surface area (Å²) < 4.78 is 0. The Morgan fingerprint density at radius 3 is 2.15 bits per heavy atom. The Bertz CT molecular complexity index is 228. The Labute approximate surface area is 106 Å². The van der Waals surface area contributed by atoms with E-state index in [0.717, 1.165) is 6.54 Å². The van der Waals surface area contributed by atoms with Gasteiger partial charge in [-0.1, -0.05) is 38.1 Å². The van der Waals surface area contributed by atoms with Crippen LogP contribution in [0.3, 0.4) is 0 Å². The summed E-state index contributed by atoms with van der Waals surface area (Å²) in [7, 11) is 3.59. The predicted molar refractivity (Wildman–Crippen MR) is 52.7 cm³/mol. The largest absolute Gasteiger partial charge is 0.469 e. The van der Waals surface area contributed by atoms with Crippen molar-refractivity contribution >= 4 is 0 Å². The number of benzene rings is 1. The molecule has 1 nitrogen and oxygen atoms in total. The summed E-state index contributed by atoms with van der Waals surface area (Å²) in [6.07, 6.45) is 0. The molecule has 0 bridgehead atoms. The summed E-state index contributed by atoms with van der Waals surface area (Å²) in [5, 5.41) is 2.88. The average molecular weight is 251 g/mol. The molecule has 0 aliphatic rings. The number of hydrogen-bond donors (Lipinski definition) is 1. The third-order valence-corrected chi connectivity index (χ3v) is 1.98. The monoisotopic (exact) mass is 251 g/mol. The van der Waals surface area contributed by atoms with Gasteiger partial charge in [0.15, 0.2) is 0 Å². The average Bonchev–Trinajstić information content (AvgIpc) is 2.06. The first-order chi connectivity index (χ1) is 5.74. The molecule has 1 rings (SSSR count). The van der Waals surface area contributed by atoms with Gasteiger partial charge in [-0.3, -0.25) is 7.05 Å². The molecule has 0 aliphatic heterocycles. The van der Waals surface area contributed by atoms with Crippen LogP contribution in [0.1, 0.15) is 30.9 Å². The molecule has 1 aromatic carbocycles. The van der Waals surface area contributed by atoms with Gasteiger partial charge in [-0.05, 0) is 23.6 Å². The van der Waals surface area contributed by atoms with E-state index in [1.807, 2.05) is 0 Å². The van der Waals surface area contributed by atoms with Gasteiger partial charge < -0.3 is 5.32 Å². The molecule has 1 N–H and O–H groups in total. The second-order valence-corrected chi connectivity index (χ2v) is 3.32. The van der Waals surface area contributed by atoms with Crippen molar-refractivity contribution in [3.05, 3.63) is 42.4 Å². The number of rotatable bonds is 3. The van der Waals surface area contributed by atoms with Crippen LogP contribution in [-0.2, 0) is 39.3 Å². The van der Waals surface area contributed by atoms with Crippen LogP contribution >= 0.6 is 0 Å². The Hall–Kier alpha value is 0.284. The van der Waals surface area contributed by atoms with Crippen LogP contribution in [0.2, 0.25) is 0 Å². The van der Waals surface area contributed by atoms with Gasteiger partial charge in [0.1, 0.15) is 0 Å². The first-order valence-electron chi connectivity index (χ1n) is 4.33. The molecule has 1 radical (unpaired) electrons. The number of hydrogen-bond acceptors (Lipinski definition) is 1. The van der Waals surface area contributed by atoms with E-state index < -0.39 is 0 Å². The molecule has 0 heterocycles. The Balaban J connectivity index is 0.00000144. The third kappa shape index (κ3) is 4.35. The molecule has 0 fully saturated rings. The van der Waals surface area contributed by atoms with E-state index in [2.05, 4.69) is 50.5 Å². The smallest absolute Gasteiger partial charge is 0 e. The van der Waals surface area contributed by atoms with Crippen molar-refractivity contribution in [1.29, 1.82) is 0 Å². The Kier molecular flexibility index (Phi) is 6.84. The zero-order chi connectivity index (χ0) is 8.97. The van der Waals surface area contributed by atoms with Gasteiger partial charge in [-0.2, -0.15) is 0 Å². The molecule has 69 valence electrons. The minimum Gasteiger partial charge on any atom is -0.469 e. The first-order valence-corrected chi connectivity index (χ1v) is 4.33. The molecule has 0 spiro atoms. The van der Waals surface area contributed by atoms with Gasteiger partial charge in [0.25, 0.3) is 0 Å². The van der Waals surface area contributed by atoms with Crippen LogP contribution in [-0.4, -0.2) is 0 Å². The Morgan fingerprint density at radius 1 is 1.23 bits per heavy atom. The molecule has 2 heteroatoms. The van der Waals surface area contributed by atoms with Crippen molar-refractivity contribution in [3.8, 4) is 0 Å². The van der Waals surface area contributed by atoms with Gasteiger partial charge in [-0.25, -0.2) is 0 Å². The summed E-state index contributed by atoms with van der Waals surface area (Å²) in [6, 6.07) is 8.65. The fourth-order valence-electron chi connectivity index (χ4n) is 1.16. The van der Waals surface area contributed by atoms with Crippen LogP contribution in [0.4, 0.5) is 0 Å². The van der Waals surface area contributed by atoms with Crippen LogP contribution < -0.4 is 5.32 Å². The van der Waals surface area contributed by atoms with E-state index >= 15 is 0 Å². The molecule has 0 saturated heterocycles. The molecule has 0 aromatic heterocycles. The first kappa shape index (κ1) is 13.3. The van der Waals surface area contributed by atoms with Crippen LogP contribution in [0.25, 0.3) is 0 Å². The SMILES string of the molecule is [CH2-]NCc1ccc(C(C)C)cc1.[Y]. The standard InChI is InChI=1S/C11H16N.Y/c1-9(2)11-6-4-10(5-7-11)8-12-3;/h4-7,9,12H,3,8H2,1-2H3;/q-1;. The maximum Gasteiger partial charge on any atom is 0 e. The van der Waals surface area contributed by atoms with Crippen LogP contribution in [0, 0.1) is 7.05 Å². The zero-order valence-corrected chi connectivity index (χ0v) is 11.2. The van der Waals surface area contributed by atoms with Crippen molar-refractivity contribution in [2.45, 2.75) is 26.3 Å². The zero-order valence-electron chi connectivity index (χ0n) is 8.38. The van der Waals surface area contributed by atoms with Crippen molar-refractivity contribution in [3.63, 3.8) is 0 Å². The summed E-state index contributed by atoms with van der Waals surface area (Å²) in [6.45, 7) is 5.25. The second kappa shape index (κ2) is 6.70. The fourth-order valence-corrected chi connectivity index (χ4v) is 1.16. The molecule has 0 amide bonds. The minimum absolute atomic E-state index is 0. The second-order valence-electron chi connectivity index (χ2n) is 3.32. The molecule has 13 heavy (non-hydrogen) atoms. The van der Waals surface area contributed by atoms with Gasteiger partial charge in [0.05, 0.1) is 0 Å². The van der Waals surface area contributed by atoms with Crippen LogP contribution in [0.5, 0.6) is 0 Å². The van der Waals surface area contributed by atoms with Crippen molar-refractivity contribution in [2.24, 2.45) is 0 Å². The molecule has 0 saturated carbocycles. The van der Waals surface area contributed by atoms with E-state index in [0.29, 0.717) is 5.92 Å². The predicted octanol–water partition coefficient (Wildman–Crippen LogP) is 2.69. The van der Waals surface area contributed by atoms with Gasteiger partial charge in [0.2, 0.25) is 0 Å². The maximum atomic E-state index is 3.59. The van der Waals surface area contributed by atoms with E-state index in [4.69, 9.17) is 0 Å². The van der Waals surface area contributed by atoms with Crippen molar-refractivity contribution < 1.29 is 32.7 Å². The molecular weight excluding hydrogens is 235 g/mol. The van der Waals surface area contributed by atoms with E-state index in [9.17, 15) is 0 Å². The Morgan fingerprint density at radius 2 is 1.77 bits per heavy atom. The van der Waals surface area contributed by atoms with Crippen molar-refractivity contribution in [2.75, 3.05) is 0 Å². The molecule has 0 unspecified atom stereocenters. The summed E-state index contributed by atoms with van der Waals surface area (Å²) in [4.78, 5) is 0. The van der Waals surface area contributed by atoms with Gasteiger partial charge >= 0.3 is 0 Å². The topological polar surface area (TPSA) is 12.0 Å². The third-order valence-electron chi connectivity index (χ3n) is 1.98. The normalized spacial score (nSPS) is 9.85. The number of nitrogens with one attached hydrogen (secondary N) is 1. The molecule has 0 aliphatic carbocycles. The quantitative estimate of drug-likeness (QED) is 0.814. The molecule has 1 aromatic rings. The van der Waals surface area contributed by atoms with Crippen molar-refractivity contribution in [1.82, 2.24) is 5.32 Å². The summed E-state index contributed by atoms with van der Waals surface area (Å²) >= 11 is 0. The van der Waals surface area contributed by atoms with E-state index in [1.165, 1.54) is 11.1 Å². The van der Waals surface area contributed by atoms with Crippen LogP contribution in [0.15, 0.2) is 24.3 Å². The molecule has 0 atom stereocenters. The summed E-state index contributed by atoms with van der Waals surface area (Å²) in [5.41, 5.74) is 2.68. The van der Waals surface area contributed by atoms with E-state index in [1.54, 1.807) is 0 Å². The van der Waals surface area contributed by atoms with Gasteiger partial charge in [0, 0.05) is 32.7 Å².